The quantitative estimate of drug-likeness (QED) is 0.677. The molecule has 19 heavy (non-hydrogen) atoms. The number of likely N-dealkylation sites (tertiary alicyclic amines) is 1. The van der Waals surface area contributed by atoms with Crippen LogP contribution < -0.4 is 16.8 Å². The van der Waals surface area contributed by atoms with Gasteiger partial charge in [-0.1, -0.05) is 6.07 Å². The Morgan fingerprint density at radius 1 is 1.32 bits per heavy atom. The van der Waals surface area contributed by atoms with Crippen LogP contribution in [0.4, 0.5) is 5.69 Å². The van der Waals surface area contributed by atoms with Crippen LogP contribution in [0.25, 0.3) is 0 Å². The van der Waals surface area contributed by atoms with Gasteiger partial charge in [-0.2, -0.15) is 0 Å². The van der Waals surface area contributed by atoms with Gasteiger partial charge in [0.1, 0.15) is 0 Å². The van der Waals surface area contributed by atoms with Crippen molar-refractivity contribution in [3.63, 3.8) is 0 Å². The van der Waals surface area contributed by atoms with Gasteiger partial charge in [0.15, 0.2) is 0 Å². The fraction of sp³-hybridized carbons (Fsp3) is 0.500. The Morgan fingerprint density at radius 3 is 2.68 bits per heavy atom. The first kappa shape index (κ1) is 13.8. The summed E-state index contributed by atoms with van der Waals surface area (Å²) in [5.41, 5.74) is 13.8. The Kier molecular flexibility index (Phi) is 4.76. The van der Waals surface area contributed by atoms with Crippen molar-refractivity contribution in [2.24, 2.45) is 5.73 Å². The van der Waals surface area contributed by atoms with Gasteiger partial charge in [-0.3, -0.25) is 9.69 Å². The number of amides is 1. The molecule has 1 aliphatic rings. The van der Waals surface area contributed by atoms with Crippen LogP contribution in [-0.4, -0.2) is 37.0 Å². The molecule has 5 N–H and O–H groups in total. The number of hydrogen-bond acceptors (Lipinski definition) is 4. The number of nitrogens with zero attached hydrogens (tertiary/aromatic N) is 1. The Labute approximate surface area is 113 Å². The van der Waals surface area contributed by atoms with Crippen molar-refractivity contribution in [2.75, 3.05) is 31.9 Å². The molecule has 2 rings (SSSR count). The molecule has 0 saturated carbocycles. The maximum atomic E-state index is 11.8. The molecule has 1 saturated heterocycles. The third-order valence-electron chi connectivity index (χ3n) is 3.43. The van der Waals surface area contributed by atoms with E-state index in [0.29, 0.717) is 24.3 Å². The fourth-order valence-electron chi connectivity index (χ4n) is 2.35. The van der Waals surface area contributed by atoms with Gasteiger partial charge in [-0.25, -0.2) is 0 Å². The Bertz CT molecular complexity index is 441. The number of nitrogens with one attached hydrogen (secondary N) is 1. The molecule has 1 fully saturated rings. The number of carbonyl (C=O) groups excluding carboxylic acids is 1. The number of nitrogen functional groups attached to an aromatic ring is 1. The van der Waals surface area contributed by atoms with Crippen LogP contribution in [0.2, 0.25) is 0 Å². The highest BCUT2D eigenvalue weighted by molar-refractivity contribution is 5.95. The van der Waals surface area contributed by atoms with Gasteiger partial charge >= 0.3 is 0 Å². The first-order valence-corrected chi connectivity index (χ1v) is 6.79. The largest absolute Gasteiger partial charge is 0.398 e. The van der Waals surface area contributed by atoms with E-state index in [1.165, 1.54) is 12.8 Å². The van der Waals surface area contributed by atoms with E-state index in [1.807, 2.05) is 12.1 Å². The minimum absolute atomic E-state index is 0.120. The molecule has 1 aromatic rings. The van der Waals surface area contributed by atoms with Crippen LogP contribution in [0.5, 0.6) is 0 Å². The summed E-state index contributed by atoms with van der Waals surface area (Å²) in [6.07, 6.45) is 2.53. The summed E-state index contributed by atoms with van der Waals surface area (Å²) in [4.78, 5) is 14.2. The summed E-state index contributed by atoms with van der Waals surface area (Å²) >= 11 is 0. The smallest absolute Gasteiger partial charge is 0.251 e. The van der Waals surface area contributed by atoms with Crippen LogP contribution in [0, 0.1) is 0 Å². The lowest BCUT2D eigenvalue weighted by atomic mass is 10.1. The van der Waals surface area contributed by atoms with Gasteiger partial charge in [0, 0.05) is 30.9 Å². The second-order valence-electron chi connectivity index (χ2n) is 4.94. The Morgan fingerprint density at radius 2 is 2.05 bits per heavy atom. The molecular formula is C14H22N4O. The number of nitrogens with two attached hydrogens (primary N) is 2. The molecule has 5 heteroatoms. The second kappa shape index (κ2) is 6.54. The highest BCUT2D eigenvalue weighted by Crippen LogP contribution is 2.19. The molecule has 0 unspecified atom stereocenters. The maximum absolute atomic E-state index is 11.8. The van der Waals surface area contributed by atoms with E-state index >= 15 is 0 Å². The zero-order valence-corrected chi connectivity index (χ0v) is 11.2. The molecule has 104 valence electrons. The van der Waals surface area contributed by atoms with E-state index in [0.717, 1.165) is 25.2 Å². The zero-order valence-electron chi connectivity index (χ0n) is 11.2. The Hall–Kier alpha value is -1.59. The molecule has 5 nitrogen and oxygen atoms in total. The average molecular weight is 262 g/mol. The van der Waals surface area contributed by atoms with Crippen LogP contribution in [-0.2, 0) is 6.54 Å². The van der Waals surface area contributed by atoms with E-state index in [-0.39, 0.29) is 5.91 Å². The third-order valence-corrected chi connectivity index (χ3v) is 3.43. The van der Waals surface area contributed by atoms with Crippen molar-refractivity contribution in [1.82, 2.24) is 10.2 Å². The molecule has 1 aliphatic heterocycles. The fourth-order valence-corrected chi connectivity index (χ4v) is 2.35. The maximum Gasteiger partial charge on any atom is 0.251 e. The summed E-state index contributed by atoms with van der Waals surface area (Å²) in [6.45, 7) is 4.06. The average Bonchev–Trinajstić information content (AvgIpc) is 2.91. The first-order valence-electron chi connectivity index (χ1n) is 6.79. The molecule has 0 bridgehead atoms. The predicted octanol–water partition coefficient (Wildman–Crippen LogP) is 0.553. The van der Waals surface area contributed by atoms with Crippen molar-refractivity contribution in [2.45, 2.75) is 19.4 Å². The zero-order chi connectivity index (χ0) is 13.7. The summed E-state index contributed by atoms with van der Waals surface area (Å²) in [6, 6.07) is 5.52. The number of rotatable bonds is 5. The summed E-state index contributed by atoms with van der Waals surface area (Å²) in [7, 11) is 0. The number of hydrogen-bond donors (Lipinski definition) is 3. The lowest BCUT2D eigenvalue weighted by molar-refractivity contribution is 0.0955. The molecule has 0 radical (unpaired) electrons. The van der Waals surface area contributed by atoms with Crippen LogP contribution in [0.15, 0.2) is 18.2 Å². The van der Waals surface area contributed by atoms with Gasteiger partial charge in [0.2, 0.25) is 0 Å². The monoisotopic (exact) mass is 262 g/mol. The normalized spacial score (nSPS) is 15.6. The van der Waals surface area contributed by atoms with Crippen LogP contribution in [0.1, 0.15) is 28.8 Å². The number of benzene rings is 1. The minimum Gasteiger partial charge on any atom is -0.398 e. The summed E-state index contributed by atoms with van der Waals surface area (Å²) in [5.74, 6) is -0.120. The molecule has 0 aliphatic carbocycles. The van der Waals surface area contributed by atoms with Crippen molar-refractivity contribution in [3.8, 4) is 0 Å². The van der Waals surface area contributed by atoms with Gasteiger partial charge in [-0.15, -0.1) is 0 Å². The van der Waals surface area contributed by atoms with Crippen molar-refractivity contribution >= 4 is 11.6 Å². The van der Waals surface area contributed by atoms with E-state index in [2.05, 4.69) is 10.2 Å². The standard InChI is InChI=1S/C14H22N4O/c15-5-6-17-14(19)11-3-4-12(13(16)9-11)10-18-7-1-2-8-18/h3-4,9H,1-2,5-8,10,15-16H2,(H,17,19). The second-order valence-corrected chi connectivity index (χ2v) is 4.94. The van der Waals surface area contributed by atoms with Gasteiger partial charge < -0.3 is 16.8 Å². The number of carbonyl (C=O) groups is 1. The molecule has 0 spiro atoms. The van der Waals surface area contributed by atoms with Crippen molar-refractivity contribution in [3.05, 3.63) is 29.3 Å². The van der Waals surface area contributed by atoms with Crippen LogP contribution in [0.3, 0.4) is 0 Å². The SMILES string of the molecule is NCCNC(=O)c1ccc(CN2CCCC2)c(N)c1. The topological polar surface area (TPSA) is 84.4 Å². The molecule has 1 heterocycles. The summed E-state index contributed by atoms with van der Waals surface area (Å²) < 4.78 is 0. The molecular weight excluding hydrogens is 240 g/mol. The van der Waals surface area contributed by atoms with E-state index < -0.39 is 0 Å². The Balaban J connectivity index is 2.01. The third kappa shape index (κ3) is 3.68. The summed E-state index contributed by atoms with van der Waals surface area (Å²) in [5, 5.41) is 2.74. The highest BCUT2D eigenvalue weighted by Gasteiger charge is 2.14. The molecule has 0 atom stereocenters. The van der Waals surface area contributed by atoms with Gasteiger partial charge in [-0.05, 0) is 43.6 Å². The van der Waals surface area contributed by atoms with Crippen molar-refractivity contribution < 1.29 is 4.79 Å². The van der Waals surface area contributed by atoms with E-state index in [1.54, 1.807) is 6.07 Å². The van der Waals surface area contributed by atoms with Crippen molar-refractivity contribution in [1.29, 1.82) is 0 Å². The van der Waals surface area contributed by atoms with Gasteiger partial charge in [0.05, 0.1) is 0 Å². The van der Waals surface area contributed by atoms with E-state index in [9.17, 15) is 4.79 Å². The first-order chi connectivity index (χ1) is 9.20. The lowest BCUT2D eigenvalue weighted by Gasteiger charge is -2.16. The number of anilines is 1. The molecule has 1 aromatic carbocycles. The predicted molar refractivity (Wildman–Crippen MR) is 76.8 cm³/mol. The molecule has 0 aromatic heterocycles. The van der Waals surface area contributed by atoms with E-state index in [4.69, 9.17) is 11.5 Å². The molecule has 1 amide bonds. The van der Waals surface area contributed by atoms with Crippen LogP contribution >= 0.6 is 0 Å². The lowest BCUT2D eigenvalue weighted by Crippen LogP contribution is -2.29. The van der Waals surface area contributed by atoms with Gasteiger partial charge in [0.25, 0.3) is 5.91 Å². The highest BCUT2D eigenvalue weighted by atomic mass is 16.1. The minimum atomic E-state index is -0.120.